The van der Waals surface area contributed by atoms with Crippen LogP contribution in [0.1, 0.15) is 0 Å². The van der Waals surface area contributed by atoms with Crippen molar-refractivity contribution in [3.8, 4) is 34.3 Å². The number of hydrogen-bond donors (Lipinski definition) is 6. The summed E-state index contributed by atoms with van der Waals surface area (Å²) in [5, 5.41) is 60.0. The van der Waals surface area contributed by atoms with Crippen molar-refractivity contribution in [2.24, 2.45) is 0 Å². The van der Waals surface area contributed by atoms with Crippen molar-refractivity contribution in [3.63, 3.8) is 0 Å². The highest BCUT2D eigenvalue weighted by atomic mass is 16.7. The van der Waals surface area contributed by atoms with Crippen LogP contribution in [0.25, 0.3) is 22.3 Å². The molecule has 2 heterocycles. The first-order valence-corrected chi connectivity index (χ1v) is 9.90. The maximum Gasteiger partial charge on any atom is 0.337 e. The summed E-state index contributed by atoms with van der Waals surface area (Å²) in [7, 11) is 1.02. The van der Waals surface area contributed by atoms with Crippen LogP contribution in [-0.4, -0.2) is 74.4 Å². The van der Waals surface area contributed by atoms with Crippen LogP contribution in [0.3, 0.4) is 0 Å². The molecule has 6 N–H and O–H groups in total. The lowest BCUT2D eigenvalue weighted by molar-refractivity contribution is -0.272. The van der Waals surface area contributed by atoms with E-state index in [1.54, 1.807) is 30.3 Å². The Labute approximate surface area is 190 Å². The quantitative estimate of drug-likeness (QED) is 0.217. The van der Waals surface area contributed by atoms with E-state index in [9.17, 15) is 40.2 Å². The Morgan fingerprint density at radius 1 is 0.971 bits per heavy atom. The number of hydrogen-bond acceptors (Lipinski definition) is 12. The maximum absolute atomic E-state index is 13.3. The Hall–Kier alpha value is -3.84. The molecule has 3 aromatic rings. The monoisotopic (exact) mass is 476 g/mol. The summed E-state index contributed by atoms with van der Waals surface area (Å²) in [6, 6.07) is 8.94. The van der Waals surface area contributed by atoms with E-state index in [4.69, 9.17) is 13.9 Å². The van der Waals surface area contributed by atoms with Gasteiger partial charge in [-0.15, -0.1) is 0 Å². The first kappa shape index (κ1) is 23.3. The topological polar surface area (TPSA) is 196 Å². The van der Waals surface area contributed by atoms with Gasteiger partial charge in [-0.2, -0.15) is 0 Å². The van der Waals surface area contributed by atoms with Crippen molar-refractivity contribution in [2.75, 3.05) is 7.11 Å². The van der Waals surface area contributed by atoms with Crippen LogP contribution < -0.4 is 10.2 Å². The molecule has 4 rings (SSSR count). The van der Waals surface area contributed by atoms with Gasteiger partial charge in [0.25, 0.3) is 0 Å². The van der Waals surface area contributed by atoms with Gasteiger partial charge in [-0.1, -0.05) is 30.3 Å². The van der Waals surface area contributed by atoms with Crippen LogP contribution in [0.4, 0.5) is 0 Å². The number of carbonyl (C=O) groups excluding carboxylic acids is 1. The first-order valence-electron chi connectivity index (χ1n) is 9.90. The van der Waals surface area contributed by atoms with Gasteiger partial charge >= 0.3 is 5.97 Å². The predicted molar refractivity (Wildman–Crippen MR) is 112 cm³/mol. The number of esters is 1. The summed E-state index contributed by atoms with van der Waals surface area (Å²) in [4.78, 5) is 25.3. The molecule has 12 nitrogen and oxygen atoms in total. The third kappa shape index (κ3) is 3.78. The van der Waals surface area contributed by atoms with E-state index < -0.39 is 70.5 Å². The van der Waals surface area contributed by atoms with E-state index in [2.05, 4.69) is 4.74 Å². The minimum atomic E-state index is -1.92. The summed E-state index contributed by atoms with van der Waals surface area (Å²) in [5.74, 6) is -4.61. The molecule has 0 spiro atoms. The third-order valence-corrected chi connectivity index (χ3v) is 5.34. The first-order chi connectivity index (χ1) is 16.1. The Bertz CT molecular complexity index is 1280. The molecule has 0 saturated carbocycles. The zero-order chi connectivity index (χ0) is 24.7. The van der Waals surface area contributed by atoms with Crippen molar-refractivity contribution in [1.82, 2.24) is 0 Å². The Balaban J connectivity index is 1.89. The molecule has 5 unspecified atom stereocenters. The van der Waals surface area contributed by atoms with Crippen molar-refractivity contribution >= 4 is 16.9 Å². The molecule has 1 aliphatic heterocycles. The van der Waals surface area contributed by atoms with Gasteiger partial charge in [0.15, 0.2) is 23.4 Å². The zero-order valence-corrected chi connectivity index (χ0v) is 17.5. The standard InChI is InChI=1S/C22H20O12/c1-31-21(30)20-16(28)15(27)17(29)22(34-20)33-19-14(26)11-10(7-9(23)12(24)13(11)25)32-18(19)8-5-3-2-4-6-8/h2-7,15-17,20,22-25,27-29H,1H3. The average Bonchev–Trinajstić information content (AvgIpc) is 2.84. The second-order valence-corrected chi connectivity index (χ2v) is 7.46. The van der Waals surface area contributed by atoms with Crippen LogP contribution in [0.5, 0.6) is 23.0 Å². The van der Waals surface area contributed by atoms with Crippen molar-refractivity contribution in [2.45, 2.75) is 30.7 Å². The van der Waals surface area contributed by atoms with E-state index in [1.165, 1.54) is 0 Å². The smallest absolute Gasteiger partial charge is 0.337 e. The summed E-state index contributed by atoms with van der Waals surface area (Å²) < 4.78 is 21.0. The van der Waals surface area contributed by atoms with Gasteiger partial charge in [-0.25, -0.2) is 4.79 Å². The number of fused-ring (bicyclic) bond motifs is 1. The zero-order valence-electron chi connectivity index (χ0n) is 17.5. The van der Waals surface area contributed by atoms with Gasteiger partial charge in [0.05, 0.1) is 7.11 Å². The largest absolute Gasteiger partial charge is 0.504 e. The van der Waals surface area contributed by atoms with Gasteiger partial charge in [0.2, 0.25) is 23.2 Å². The number of ether oxygens (including phenoxy) is 3. The number of phenols is 3. The molecule has 0 bridgehead atoms. The fourth-order valence-electron chi connectivity index (χ4n) is 3.55. The number of rotatable bonds is 4. The molecule has 1 aliphatic rings. The highest BCUT2D eigenvalue weighted by molar-refractivity contribution is 5.91. The third-order valence-electron chi connectivity index (χ3n) is 5.34. The average molecular weight is 476 g/mol. The van der Waals surface area contributed by atoms with Gasteiger partial charge < -0.3 is 49.3 Å². The summed E-state index contributed by atoms with van der Waals surface area (Å²) >= 11 is 0. The fourth-order valence-corrected chi connectivity index (χ4v) is 3.55. The van der Waals surface area contributed by atoms with Gasteiger partial charge in [0.1, 0.15) is 29.3 Å². The molecule has 0 amide bonds. The number of carbonyl (C=O) groups is 1. The van der Waals surface area contributed by atoms with Gasteiger partial charge in [-0.05, 0) is 0 Å². The Morgan fingerprint density at radius 3 is 2.29 bits per heavy atom. The molecule has 1 aromatic heterocycles. The Kier molecular flexibility index (Phi) is 6.06. The van der Waals surface area contributed by atoms with E-state index in [1.807, 2.05) is 0 Å². The number of phenolic OH excluding ortho intramolecular Hbond substituents is 3. The normalized spacial score (nSPS) is 24.6. The maximum atomic E-state index is 13.3. The highest BCUT2D eigenvalue weighted by Gasteiger charge is 2.49. The second-order valence-electron chi connectivity index (χ2n) is 7.46. The number of aliphatic hydroxyl groups is 3. The number of methoxy groups -OCH3 is 1. The minimum Gasteiger partial charge on any atom is -0.504 e. The van der Waals surface area contributed by atoms with E-state index >= 15 is 0 Å². The lowest BCUT2D eigenvalue weighted by Gasteiger charge is -2.38. The predicted octanol–water partition coefficient (Wildman–Crippen LogP) is -0.0638. The molecule has 12 heteroatoms. The molecule has 5 atom stereocenters. The van der Waals surface area contributed by atoms with Crippen LogP contribution in [-0.2, 0) is 14.3 Å². The lowest BCUT2D eigenvalue weighted by atomic mass is 9.99. The minimum absolute atomic E-state index is 0.214. The highest BCUT2D eigenvalue weighted by Crippen LogP contribution is 2.43. The Morgan fingerprint density at radius 2 is 1.65 bits per heavy atom. The second kappa shape index (κ2) is 8.83. The summed E-state index contributed by atoms with van der Waals surface area (Å²) in [5.41, 5.74) is -1.02. The van der Waals surface area contributed by atoms with Crippen LogP contribution >= 0.6 is 0 Å². The van der Waals surface area contributed by atoms with Crippen molar-refractivity contribution in [1.29, 1.82) is 0 Å². The number of aromatic hydroxyl groups is 3. The van der Waals surface area contributed by atoms with Gasteiger partial charge in [0, 0.05) is 11.6 Å². The van der Waals surface area contributed by atoms with Crippen LogP contribution in [0.2, 0.25) is 0 Å². The lowest BCUT2D eigenvalue weighted by Crippen LogP contribution is -2.61. The molecular weight excluding hydrogens is 456 g/mol. The molecule has 1 fully saturated rings. The number of aliphatic hydroxyl groups excluding tert-OH is 3. The molecular formula is C22H20O12. The van der Waals surface area contributed by atoms with Crippen molar-refractivity contribution in [3.05, 3.63) is 46.6 Å². The molecule has 0 radical (unpaired) electrons. The molecule has 2 aromatic carbocycles. The molecule has 0 aliphatic carbocycles. The fraction of sp³-hybridized carbons (Fsp3) is 0.273. The number of benzene rings is 2. The van der Waals surface area contributed by atoms with Gasteiger partial charge in [-0.3, -0.25) is 4.79 Å². The molecule has 1 saturated heterocycles. The van der Waals surface area contributed by atoms with Crippen LogP contribution in [0, 0.1) is 0 Å². The van der Waals surface area contributed by atoms with Crippen molar-refractivity contribution < 1.29 is 54.1 Å². The SMILES string of the molecule is COC(=O)C1OC(Oc2c(-c3ccccc3)oc3cc(O)c(O)c(O)c3c2=O)C(O)C(O)C1O. The van der Waals surface area contributed by atoms with E-state index in [0.717, 1.165) is 13.2 Å². The summed E-state index contributed by atoms with van der Waals surface area (Å²) in [6.07, 6.45) is -9.30. The van der Waals surface area contributed by atoms with E-state index in [-0.39, 0.29) is 11.3 Å². The van der Waals surface area contributed by atoms with E-state index in [0.29, 0.717) is 5.56 Å². The summed E-state index contributed by atoms with van der Waals surface area (Å²) in [6.45, 7) is 0. The molecule has 180 valence electrons. The van der Waals surface area contributed by atoms with Crippen LogP contribution in [0.15, 0.2) is 45.6 Å². The molecule has 34 heavy (non-hydrogen) atoms.